The van der Waals surface area contributed by atoms with Crippen LogP contribution in [0.2, 0.25) is 0 Å². The number of nitrogens with zero attached hydrogens (tertiary/aromatic N) is 1. The molecule has 0 unspecified atom stereocenters. The molecule has 5 heteroatoms. The maximum Gasteiger partial charge on any atom is 0.410 e. The van der Waals surface area contributed by atoms with Crippen LogP contribution in [0.1, 0.15) is 54.4 Å². The minimum Gasteiger partial charge on any atom is -0.444 e. The fourth-order valence-electron chi connectivity index (χ4n) is 2.25. The zero-order valence-electron chi connectivity index (χ0n) is 14.0. The van der Waals surface area contributed by atoms with E-state index < -0.39 is 5.60 Å². The lowest BCUT2D eigenvalue weighted by Gasteiger charge is -2.27. The van der Waals surface area contributed by atoms with Gasteiger partial charge in [-0.3, -0.25) is 4.79 Å². The fourth-order valence-corrected chi connectivity index (χ4v) is 2.25. The molecule has 1 heterocycles. The number of hydrogen-bond donors (Lipinski definition) is 1. The molecule has 2 amide bonds. The summed E-state index contributed by atoms with van der Waals surface area (Å²) in [6.07, 6.45) is 3.36. The van der Waals surface area contributed by atoms with Crippen molar-refractivity contribution < 1.29 is 14.3 Å². The van der Waals surface area contributed by atoms with Gasteiger partial charge in [-0.25, -0.2) is 4.79 Å². The summed E-state index contributed by atoms with van der Waals surface area (Å²) in [7, 11) is 0. The van der Waals surface area contributed by atoms with Gasteiger partial charge in [0.05, 0.1) is 6.04 Å². The molecule has 0 aromatic carbocycles. The zero-order chi connectivity index (χ0) is 16.2. The first-order valence-corrected chi connectivity index (χ1v) is 7.59. The second kappa shape index (κ2) is 6.96. The topological polar surface area (TPSA) is 58.6 Å². The number of ether oxygens (including phenoxy) is 1. The third-order valence-electron chi connectivity index (χ3n) is 3.15. The van der Waals surface area contributed by atoms with Crippen molar-refractivity contribution in [2.24, 2.45) is 0 Å². The second-order valence-electron chi connectivity index (χ2n) is 6.86. The van der Waals surface area contributed by atoms with E-state index in [0.717, 1.165) is 12.8 Å². The molecule has 1 atom stereocenters. The summed E-state index contributed by atoms with van der Waals surface area (Å²) in [5, 5.41) is 2.86. The predicted molar refractivity (Wildman–Crippen MR) is 83.0 cm³/mol. The Morgan fingerprint density at radius 2 is 1.95 bits per heavy atom. The van der Waals surface area contributed by atoms with Gasteiger partial charge in [0.15, 0.2) is 0 Å². The Labute approximate surface area is 127 Å². The smallest absolute Gasteiger partial charge is 0.410 e. The SMILES string of the molecule is C/C(=C\[C@@H]1CCCN1C(=O)OC(C)(C)C)C(=O)NC(C)C. The monoisotopic (exact) mass is 296 g/mol. The van der Waals surface area contributed by atoms with Gasteiger partial charge in [-0.15, -0.1) is 0 Å². The molecule has 21 heavy (non-hydrogen) atoms. The van der Waals surface area contributed by atoms with E-state index in [4.69, 9.17) is 4.74 Å². The summed E-state index contributed by atoms with van der Waals surface area (Å²) in [5.41, 5.74) is 0.141. The van der Waals surface area contributed by atoms with Gasteiger partial charge in [0.2, 0.25) is 5.91 Å². The van der Waals surface area contributed by atoms with Crippen LogP contribution in [0.15, 0.2) is 11.6 Å². The highest BCUT2D eigenvalue weighted by molar-refractivity contribution is 5.93. The maximum absolute atomic E-state index is 12.2. The van der Waals surface area contributed by atoms with Crippen molar-refractivity contribution in [1.82, 2.24) is 10.2 Å². The Bertz CT molecular complexity index is 422. The largest absolute Gasteiger partial charge is 0.444 e. The molecule has 1 fully saturated rings. The first kappa shape index (κ1) is 17.5. The Kier molecular flexibility index (Phi) is 5.81. The van der Waals surface area contributed by atoms with E-state index in [1.54, 1.807) is 11.8 Å². The van der Waals surface area contributed by atoms with Crippen LogP contribution in [-0.4, -0.2) is 41.1 Å². The van der Waals surface area contributed by atoms with Gasteiger partial charge in [-0.1, -0.05) is 6.08 Å². The molecule has 1 aliphatic rings. The van der Waals surface area contributed by atoms with Crippen molar-refractivity contribution in [2.75, 3.05) is 6.54 Å². The number of amides is 2. The van der Waals surface area contributed by atoms with E-state index in [1.807, 2.05) is 40.7 Å². The molecule has 1 aliphatic heterocycles. The quantitative estimate of drug-likeness (QED) is 0.815. The summed E-state index contributed by atoms with van der Waals surface area (Å²) in [6.45, 7) is 11.9. The minimum absolute atomic E-state index is 0.0576. The van der Waals surface area contributed by atoms with E-state index in [9.17, 15) is 9.59 Å². The molecule has 5 nitrogen and oxygen atoms in total. The van der Waals surface area contributed by atoms with Crippen molar-refractivity contribution in [1.29, 1.82) is 0 Å². The third-order valence-corrected chi connectivity index (χ3v) is 3.15. The van der Waals surface area contributed by atoms with Crippen LogP contribution in [-0.2, 0) is 9.53 Å². The van der Waals surface area contributed by atoms with E-state index in [-0.39, 0.29) is 24.1 Å². The Balaban J connectivity index is 2.73. The summed E-state index contributed by atoms with van der Waals surface area (Å²) in [5.74, 6) is -0.0824. The van der Waals surface area contributed by atoms with Crippen LogP contribution in [0.3, 0.4) is 0 Å². The van der Waals surface area contributed by atoms with Crippen molar-refractivity contribution in [2.45, 2.75) is 72.1 Å². The van der Waals surface area contributed by atoms with Crippen molar-refractivity contribution in [3.8, 4) is 0 Å². The van der Waals surface area contributed by atoms with E-state index >= 15 is 0 Å². The molecule has 0 bridgehead atoms. The van der Waals surface area contributed by atoms with Crippen molar-refractivity contribution in [3.63, 3.8) is 0 Å². The molecule has 0 spiro atoms. The first-order valence-electron chi connectivity index (χ1n) is 7.59. The summed E-state index contributed by atoms with van der Waals surface area (Å²) in [4.78, 5) is 25.8. The maximum atomic E-state index is 12.2. The minimum atomic E-state index is -0.502. The van der Waals surface area contributed by atoms with Crippen LogP contribution >= 0.6 is 0 Å². The molecule has 0 aliphatic carbocycles. The summed E-state index contributed by atoms with van der Waals surface area (Å²) >= 11 is 0. The number of nitrogens with one attached hydrogen (secondary N) is 1. The number of rotatable bonds is 3. The Morgan fingerprint density at radius 1 is 1.33 bits per heavy atom. The van der Waals surface area contributed by atoms with E-state index in [0.29, 0.717) is 12.1 Å². The predicted octanol–water partition coefficient (Wildman–Crippen LogP) is 2.86. The van der Waals surface area contributed by atoms with Crippen LogP contribution in [0.25, 0.3) is 0 Å². The highest BCUT2D eigenvalue weighted by atomic mass is 16.6. The normalized spacial score (nSPS) is 19.9. The first-order chi connectivity index (χ1) is 9.60. The highest BCUT2D eigenvalue weighted by Crippen LogP contribution is 2.22. The molecule has 0 radical (unpaired) electrons. The zero-order valence-corrected chi connectivity index (χ0v) is 14.0. The molecular formula is C16H28N2O3. The lowest BCUT2D eigenvalue weighted by Crippen LogP contribution is -2.39. The van der Waals surface area contributed by atoms with Crippen LogP contribution in [0.4, 0.5) is 4.79 Å². The van der Waals surface area contributed by atoms with Crippen LogP contribution < -0.4 is 5.32 Å². The van der Waals surface area contributed by atoms with Crippen molar-refractivity contribution in [3.05, 3.63) is 11.6 Å². The average Bonchev–Trinajstić information content (AvgIpc) is 2.73. The van der Waals surface area contributed by atoms with E-state index in [1.165, 1.54) is 0 Å². The summed E-state index contributed by atoms with van der Waals surface area (Å²) in [6, 6.07) is 0.0455. The molecular weight excluding hydrogens is 268 g/mol. The number of hydrogen-bond acceptors (Lipinski definition) is 3. The van der Waals surface area contributed by atoms with Gasteiger partial charge < -0.3 is 15.0 Å². The van der Waals surface area contributed by atoms with Crippen molar-refractivity contribution >= 4 is 12.0 Å². The van der Waals surface area contributed by atoms with Gasteiger partial charge in [0.25, 0.3) is 0 Å². The van der Waals surface area contributed by atoms with E-state index in [2.05, 4.69) is 5.32 Å². The van der Waals surface area contributed by atoms with Crippen LogP contribution in [0.5, 0.6) is 0 Å². The number of likely N-dealkylation sites (tertiary alicyclic amines) is 1. The average molecular weight is 296 g/mol. The Morgan fingerprint density at radius 3 is 2.48 bits per heavy atom. The lowest BCUT2D eigenvalue weighted by molar-refractivity contribution is -0.117. The van der Waals surface area contributed by atoms with Gasteiger partial charge >= 0.3 is 6.09 Å². The number of carbonyl (C=O) groups excluding carboxylic acids is 2. The summed E-state index contributed by atoms with van der Waals surface area (Å²) < 4.78 is 5.42. The highest BCUT2D eigenvalue weighted by Gasteiger charge is 2.31. The molecule has 0 aromatic heterocycles. The van der Waals surface area contributed by atoms with Gasteiger partial charge in [-0.2, -0.15) is 0 Å². The third kappa shape index (κ3) is 5.78. The molecule has 1 saturated heterocycles. The standard InChI is InChI=1S/C16H28N2O3/c1-11(2)17-14(19)12(3)10-13-8-7-9-18(13)15(20)21-16(4,5)6/h10-11,13H,7-9H2,1-6H3,(H,17,19)/b12-10+/t13-/m0/s1. The van der Waals surface area contributed by atoms with Gasteiger partial charge in [0.1, 0.15) is 5.60 Å². The second-order valence-corrected chi connectivity index (χ2v) is 6.86. The molecule has 120 valence electrons. The van der Waals surface area contributed by atoms with Crippen LogP contribution in [0, 0.1) is 0 Å². The molecule has 0 saturated carbocycles. The van der Waals surface area contributed by atoms with Gasteiger partial charge in [0, 0.05) is 18.2 Å². The molecule has 1 rings (SSSR count). The fraction of sp³-hybridized carbons (Fsp3) is 0.750. The molecule has 1 N–H and O–H groups in total. The molecule has 0 aromatic rings. The van der Waals surface area contributed by atoms with Gasteiger partial charge in [-0.05, 0) is 54.4 Å². The number of carbonyl (C=O) groups is 2. The Hall–Kier alpha value is -1.52. The lowest BCUT2D eigenvalue weighted by atomic mass is 10.1.